The highest BCUT2D eigenvalue weighted by molar-refractivity contribution is 5.73. The molecule has 0 bridgehead atoms. The lowest BCUT2D eigenvalue weighted by atomic mass is 9.73. The lowest BCUT2D eigenvalue weighted by Gasteiger charge is -2.49. The van der Waals surface area contributed by atoms with Crippen LogP contribution >= 0.6 is 0 Å². The van der Waals surface area contributed by atoms with Gasteiger partial charge < -0.3 is 25.5 Å². The highest BCUT2D eigenvalue weighted by atomic mass is 16.4. The Balaban J connectivity index is 3.44. The highest BCUT2D eigenvalue weighted by Crippen LogP contribution is 2.52. The Kier molecular flexibility index (Phi) is 13.2. The van der Waals surface area contributed by atoms with Crippen molar-refractivity contribution in [2.24, 2.45) is 17.3 Å². The van der Waals surface area contributed by atoms with Crippen LogP contribution < -0.4 is 0 Å². The van der Waals surface area contributed by atoms with Gasteiger partial charge in [-0.15, -0.1) is 0 Å². The Bertz CT molecular complexity index is 834. The number of nitrogens with zero attached hydrogens (tertiary/aromatic N) is 2. The largest absolute Gasteiger partial charge is 0.481 e. The van der Waals surface area contributed by atoms with Gasteiger partial charge >= 0.3 is 29.8 Å². The standard InChI is InChI=1S/C26H44N2O10/c1-4-25(13-21(31)32)10-8-19(12-25)26(5-2,28(15-23(35)36)16-24(37)38)17-27(14-22(33)34)11-9-18(3)6-7-20(29)30/h18-19H,4-17H2,1-3H3,(H,29,30)(H,31,32)(H,33,34)(H,35,36)(H,37,38). The van der Waals surface area contributed by atoms with Gasteiger partial charge in [0.05, 0.1) is 26.1 Å². The molecule has 0 spiro atoms. The van der Waals surface area contributed by atoms with E-state index >= 15 is 0 Å². The molecular formula is C26H44N2O10. The first-order chi connectivity index (χ1) is 17.7. The molecule has 0 saturated heterocycles. The molecule has 0 aromatic carbocycles. The zero-order chi connectivity index (χ0) is 29.1. The minimum atomic E-state index is -1.21. The van der Waals surface area contributed by atoms with Crippen LogP contribution in [0.2, 0.25) is 0 Å². The van der Waals surface area contributed by atoms with Gasteiger partial charge in [0.2, 0.25) is 0 Å². The molecule has 218 valence electrons. The van der Waals surface area contributed by atoms with Crippen molar-refractivity contribution in [1.29, 1.82) is 0 Å². The molecule has 4 unspecified atom stereocenters. The number of hydrogen-bond donors (Lipinski definition) is 5. The van der Waals surface area contributed by atoms with Crippen molar-refractivity contribution in [2.45, 2.75) is 84.1 Å². The van der Waals surface area contributed by atoms with E-state index in [1.165, 1.54) is 4.90 Å². The number of carbonyl (C=O) groups is 5. The molecule has 1 aliphatic carbocycles. The van der Waals surface area contributed by atoms with E-state index in [9.17, 15) is 44.4 Å². The van der Waals surface area contributed by atoms with Gasteiger partial charge in [-0.25, -0.2) is 0 Å². The summed E-state index contributed by atoms with van der Waals surface area (Å²) < 4.78 is 0. The molecule has 0 amide bonds. The van der Waals surface area contributed by atoms with E-state index in [1.807, 2.05) is 20.8 Å². The maximum absolute atomic E-state index is 11.8. The smallest absolute Gasteiger partial charge is 0.317 e. The van der Waals surface area contributed by atoms with Crippen LogP contribution in [0.15, 0.2) is 0 Å². The first kappa shape index (κ1) is 33.3. The van der Waals surface area contributed by atoms with Crippen LogP contribution in [0, 0.1) is 17.3 Å². The molecule has 0 aromatic rings. The minimum Gasteiger partial charge on any atom is -0.481 e. The van der Waals surface area contributed by atoms with E-state index in [-0.39, 0.29) is 37.8 Å². The van der Waals surface area contributed by atoms with E-state index in [0.29, 0.717) is 51.5 Å². The fraction of sp³-hybridized carbons (Fsp3) is 0.808. The molecule has 1 saturated carbocycles. The number of aliphatic carboxylic acids is 5. The van der Waals surface area contributed by atoms with Crippen LogP contribution in [0.25, 0.3) is 0 Å². The van der Waals surface area contributed by atoms with Crippen molar-refractivity contribution in [2.75, 3.05) is 32.7 Å². The molecule has 0 aromatic heterocycles. The second-order valence-corrected chi connectivity index (χ2v) is 10.9. The molecular weight excluding hydrogens is 500 g/mol. The van der Waals surface area contributed by atoms with Crippen molar-refractivity contribution in [3.05, 3.63) is 0 Å². The SMILES string of the molecule is CCC1(CC(=O)O)CCC(C(CC)(CN(CCC(C)CCC(=O)O)CC(=O)O)N(CC(=O)O)CC(=O)O)C1. The van der Waals surface area contributed by atoms with Crippen LogP contribution in [0.5, 0.6) is 0 Å². The van der Waals surface area contributed by atoms with Crippen molar-refractivity contribution < 1.29 is 49.5 Å². The van der Waals surface area contributed by atoms with Gasteiger partial charge in [-0.2, -0.15) is 0 Å². The maximum Gasteiger partial charge on any atom is 0.317 e. The second-order valence-electron chi connectivity index (χ2n) is 10.9. The van der Waals surface area contributed by atoms with E-state index in [4.69, 9.17) is 5.11 Å². The van der Waals surface area contributed by atoms with Crippen LogP contribution in [0.1, 0.15) is 78.6 Å². The Labute approximate surface area is 223 Å². The summed E-state index contributed by atoms with van der Waals surface area (Å²) in [5.41, 5.74) is -1.52. The van der Waals surface area contributed by atoms with Crippen molar-refractivity contribution in [1.82, 2.24) is 9.80 Å². The Hall–Kier alpha value is -2.73. The van der Waals surface area contributed by atoms with Crippen molar-refractivity contribution in [3.63, 3.8) is 0 Å². The molecule has 0 radical (unpaired) electrons. The van der Waals surface area contributed by atoms with Gasteiger partial charge in [0.25, 0.3) is 0 Å². The summed E-state index contributed by atoms with van der Waals surface area (Å²) >= 11 is 0. The third-order valence-corrected chi connectivity index (χ3v) is 8.28. The summed E-state index contributed by atoms with van der Waals surface area (Å²) in [5.74, 6) is -5.58. The van der Waals surface area contributed by atoms with Gasteiger partial charge in [-0.1, -0.05) is 20.8 Å². The van der Waals surface area contributed by atoms with E-state index in [1.54, 1.807) is 4.90 Å². The summed E-state index contributed by atoms with van der Waals surface area (Å²) in [6, 6.07) is 0. The molecule has 12 nitrogen and oxygen atoms in total. The van der Waals surface area contributed by atoms with Crippen LogP contribution in [-0.4, -0.2) is 103 Å². The lowest BCUT2D eigenvalue weighted by Crippen LogP contribution is -2.62. The molecule has 0 heterocycles. The van der Waals surface area contributed by atoms with E-state index < -0.39 is 53.9 Å². The van der Waals surface area contributed by atoms with Crippen molar-refractivity contribution >= 4 is 29.8 Å². The maximum atomic E-state index is 11.8. The fourth-order valence-electron chi connectivity index (χ4n) is 6.11. The molecule has 12 heteroatoms. The second kappa shape index (κ2) is 15.0. The fourth-order valence-corrected chi connectivity index (χ4v) is 6.11. The Morgan fingerprint density at radius 2 is 1.45 bits per heavy atom. The summed E-state index contributed by atoms with van der Waals surface area (Å²) in [6.45, 7) is 4.59. The van der Waals surface area contributed by atoms with Crippen LogP contribution in [-0.2, 0) is 24.0 Å². The normalized spacial score (nSPS) is 21.8. The number of rotatable bonds is 20. The first-order valence-corrected chi connectivity index (χ1v) is 13.2. The average Bonchev–Trinajstić information content (AvgIpc) is 3.22. The van der Waals surface area contributed by atoms with Crippen LogP contribution in [0.3, 0.4) is 0 Å². The molecule has 0 aliphatic heterocycles. The number of carboxylic acids is 5. The molecule has 38 heavy (non-hydrogen) atoms. The zero-order valence-electron chi connectivity index (χ0n) is 22.7. The van der Waals surface area contributed by atoms with Gasteiger partial charge in [-0.05, 0) is 68.7 Å². The van der Waals surface area contributed by atoms with Crippen LogP contribution in [0.4, 0.5) is 0 Å². The van der Waals surface area contributed by atoms with Gasteiger partial charge in [0, 0.05) is 18.5 Å². The Morgan fingerprint density at radius 3 is 1.89 bits per heavy atom. The van der Waals surface area contributed by atoms with Gasteiger partial charge in [0.15, 0.2) is 0 Å². The lowest BCUT2D eigenvalue weighted by molar-refractivity contribution is -0.149. The quantitative estimate of drug-likeness (QED) is 0.151. The summed E-state index contributed by atoms with van der Waals surface area (Å²) in [4.78, 5) is 61.1. The molecule has 4 atom stereocenters. The number of hydrogen-bond acceptors (Lipinski definition) is 7. The van der Waals surface area contributed by atoms with Crippen molar-refractivity contribution in [3.8, 4) is 0 Å². The molecule has 5 N–H and O–H groups in total. The third-order valence-electron chi connectivity index (χ3n) is 8.28. The molecule has 1 fully saturated rings. The predicted octanol–water partition coefficient (Wildman–Crippen LogP) is 2.56. The van der Waals surface area contributed by atoms with Gasteiger partial charge in [0.1, 0.15) is 0 Å². The predicted molar refractivity (Wildman–Crippen MR) is 137 cm³/mol. The third kappa shape index (κ3) is 10.2. The van der Waals surface area contributed by atoms with Gasteiger partial charge in [-0.3, -0.25) is 33.8 Å². The molecule has 1 rings (SSSR count). The van der Waals surface area contributed by atoms with E-state index in [0.717, 1.165) is 0 Å². The highest BCUT2D eigenvalue weighted by Gasteiger charge is 2.51. The number of carboxylic acid groups (broad SMARTS) is 5. The summed E-state index contributed by atoms with van der Waals surface area (Å²) in [6.07, 6.45) is 3.48. The Morgan fingerprint density at radius 1 is 0.868 bits per heavy atom. The topological polar surface area (TPSA) is 193 Å². The summed E-state index contributed by atoms with van der Waals surface area (Å²) in [5, 5.41) is 47.4. The van der Waals surface area contributed by atoms with E-state index in [2.05, 4.69) is 0 Å². The average molecular weight is 545 g/mol. The zero-order valence-corrected chi connectivity index (χ0v) is 22.7. The minimum absolute atomic E-state index is 0.00218. The first-order valence-electron chi connectivity index (χ1n) is 13.2. The monoisotopic (exact) mass is 544 g/mol. The molecule has 1 aliphatic rings. The summed E-state index contributed by atoms with van der Waals surface area (Å²) in [7, 11) is 0.